The first kappa shape index (κ1) is 15.5. The number of nitrogens with one attached hydrogen (secondary N) is 1. The van der Waals surface area contributed by atoms with Crippen molar-refractivity contribution in [3.05, 3.63) is 58.0 Å². The molecule has 23 heavy (non-hydrogen) atoms. The fraction of sp³-hybridized carbons (Fsp3) is 0.235. The van der Waals surface area contributed by atoms with Gasteiger partial charge < -0.3 is 5.32 Å². The fourth-order valence-corrected chi connectivity index (χ4v) is 2.54. The summed E-state index contributed by atoms with van der Waals surface area (Å²) in [5, 5.41) is 8.43. The average molecular weight is 328 g/mol. The number of anilines is 2. The van der Waals surface area contributed by atoms with Crippen LogP contribution in [0.1, 0.15) is 22.6 Å². The summed E-state index contributed by atoms with van der Waals surface area (Å²) < 4.78 is 1.75. The van der Waals surface area contributed by atoms with E-state index in [1.807, 2.05) is 58.0 Å². The quantitative estimate of drug-likeness (QED) is 0.779. The second-order valence-corrected chi connectivity index (χ2v) is 6.03. The summed E-state index contributed by atoms with van der Waals surface area (Å²) in [6.45, 7) is 7.84. The largest absolute Gasteiger partial charge is 0.340 e. The number of aromatic nitrogens is 4. The second-order valence-electron chi connectivity index (χ2n) is 5.62. The van der Waals surface area contributed by atoms with Crippen molar-refractivity contribution in [1.82, 2.24) is 19.7 Å². The second kappa shape index (κ2) is 6.01. The number of hydrogen-bond donors (Lipinski definition) is 1. The van der Waals surface area contributed by atoms with Gasteiger partial charge in [0.2, 0.25) is 0 Å². The SMILES string of the molecule is Cc1cc(Nc2ccc(C)c(Cl)c2)nc(-n2nc(C)cc2C)n1. The highest BCUT2D eigenvalue weighted by atomic mass is 35.5. The van der Waals surface area contributed by atoms with Crippen molar-refractivity contribution in [2.24, 2.45) is 0 Å². The van der Waals surface area contributed by atoms with Crippen molar-refractivity contribution in [3.8, 4) is 5.95 Å². The Morgan fingerprint density at radius 1 is 0.957 bits per heavy atom. The maximum absolute atomic E-state index is 6.18. The molecule has 0 saturated carbocycles. The number of nitrogens with zero attached hydrogens (tertiary/aromatic N) is 4. The molecule has 0 radical (unpaired) electrons. The highest BCUT2D eigenvalue weighted by Gasteiger charge is 2.09. The summed E-state index contributed by atoms with van der Waals surface area (Å²) in [4.78, 5) is 9.04. The Balaban J connectivity index is 1.97. The topological polar surface area (TPSA) is 55.6 Å². The van der Waals surface area contributed by atoms with Gasteiger partial charge in [0.1, 0.15) is 5.82 Å². The monoisotopic (exact) mass is 327 g/mol. The van der Waals surface area contributed by atoms with E-state index in [0.717, 1.165) is 33.4 Å². The molecule has 0 bridgehead atoms. The van der Waals surface area contributed by atoms with Crippen molar-refractivity contribution in [3.63, 3.8) is 0 Å². The molecule has 2 aromatic heterocycles. The van der Waals surface area contributed by atoms with Gasteiger partial charge in [-0.2, -0.15) is 10.1 Å². The lowest BCUT2D eigenvalue weighted by Crippen LogP contribution is -2.08. The van der Waals surface area contributed by atoms with Gasteiger partial charge >= 0.3 is 0 Å². The highest BCUT2D eigenvalue weighted by Crippen LogP contribution is 2.23. The van der Waals surface area contributed by atoms with Crippen molar-refractivity contribution in [1.29, 1.82) is 0 Å². The normalized spacial score (nSPS) is 10.8. The lowest BCUT2D eigenvalue weighted by Gasteiger charge is -2.10. The van der Waals surface area contributed by atoms with E-state index in [-0.39, 0.29) is 0 Å². The summed E-state index contributed by atoms with van der Waals surface area (Å²) in [5.74, 6) is 1.26. The molecule has 0 amide bonds. The van der Waals surface area contributed by atoms with E-state index in [1.165, 1.54) is 0 Å². The third-order valence-corrected chi connectivity index (χ3v) is 3.89. The van der Waals surface area contributed by atoms with E-state index in [9.17, 15) is 0 Å². The Labute approximate surface area is 140 Å². The molecule has 0 spiro atoms. The van der Waals surface area contributed by atoms with Crippen LogP contribution in [0.2, 0.25) is 5.02 Å². The predicted molar refractivity (Wildman–Crippen MR) is 92.8 cm³/mol. The van der Waals surface area contributed by atoms with E-state index < -0.39 is 0 Å². The summed E-state index contributed by atoms with van der Waals surface area (Å²) in [6.07, 6.45) is 0. The maximum Gasteiger partial charge on any atom is 0.252 e. The average Bonchev–Trinajstić information content (AvgIpc) is 2.81. The Hall–Kier alpha value is -2.40. The molecule has 1 aromatic carbocycles. The molecule has 0 saturated heterocycles. The van der Waals surface area contributed by atoms with Gasteiger partial charge in [-0.05, 0) is 51.5 Å². The van der Waals surface area contributed by atoms with Crippen LogP contribution in [-0.2, 0) is 0 Å². The van der Waals surface area contributed by atoms with Gasteiger partial charge in [-0.15, -0.1) is 0 Å². The molecule has 3 rings (SSSR count). The minimum absolute atomic E-state index is 0.552. The molecular formula is C17H18ClN5. The van der Waals surface area contributed by atoms with Gasteiger partial charge in [0.15, 0.2) is 0 Å². The molecule has 6 heteroatoms. The molecule has 0 aliphatic heterocycles. The van der Waals surface area contributed by atoms with Gasteiger partial charge in [0, 0.05) is 28.2 Å². The van der Waals surface area contributed by atoms with E-state index in [4.69, 9.17) is 11.6 Å². The Morgan fingerprint density at radius 3 is 2.39 bits per heavy atom. The minimum Gasteiger partial charge on any atom is -0.340 e. The zero-order valence-corrected chi connectivity index (χ0v) is 14.3. The molecule has 0 aliphatic carbocycles. The Morgan fingerprint density at radius 2 is 1.74 bits per heavy atom. The van der Waals surface area contributed by atoms with Crippen molar-refractivity contribution < 1.29 is 0 Å². The summed E-state index contributed by atoms with van der Waals surface area (Å²) >= 11 is 6.18. The maximum atomic E-state index is 6.18. The zero-order valence-electron chi connectivity index (χ0n) is 13.6. The summed E-state index contributed by atoms with van der Waals surface area (Å²) in [5.41, 5.74) is 4.73. The molecule has 0 atom stereocenters. The standard InChI is InChI=1S/C17H18ClN5/c1-10-5-6-14(9-15(10)18)20-16-8-11(2)19-17(21-16)23-13(4)7-12(3)22-23/h5-9H,1-4H3,(H,19,20,21). The van der Waals surface area contributed by atoms with E-state index >= 15 is 0 Å². The van der Waals surface area contributed by atoms with Crippen LogP contribution in [0.25, 0.3) is 5.95 Å². The molecule has 0 unspecified atom stereocenters. The van der Waals surface area contributed by atoms with E-state index in [2.05, 4.69) is 20.4 Å². The third kappa shape index (κ3) is 3.35. The Bertz CT molecular complexity index is 869. The molecular weight excluding hydrogens is 310 g/mol. The molecule has 1 N–H and O–H groups in total. The fourth-order valence-electron chi connectivity index (χ4n) is 2.36. The smallest absolute Gasteiger partial charge is 0.252 e. The number of hydrogen-bond acceptors (Lipinski definition) is 4. The van der Waals surface area contributed by atoms with Crippen LogP contribution in [-0.4, -0.2) is 19.7 Å². The first-order chi connectivity index (χ1) is 10.9. The lowest BCUT2D eigenvalue weighted by molar-refractivity contribution is 0.770. The number of aryl methyl sites for hydroxylation is 4. The van der Waals surface area contributed by atoms with E-state index in [0.29, 0.717) is 11.8 Å². The van der Waals surface area contributed by atoms with Gasteiger partial charge in [-0.25, -0.2) is 9.67 Å². The van der Waals surface area contributed by atoms with Gasteiger partial charge in [0.25, 0.3) is 5.95 Å². The molecule has 118 valence electrons. The molecule has 0 fully saturated rings. The van der Waals surface area contributed by atoms with Crippen LogP contribution < -0.4 is 5.32 Å². The highest BCUT2D eigenvalue weighted by molar-refractivity contribution is 6.31. The van der Waals surface area contributed by atoms with Crippen LogP contribution in [0.5, 0.6) is 0 Å². The Kier molecular flexibility index (Phi) is 4.05. The van der Waals surface area contributed by atoms with Crippen LogP contribution in [0, 0.1) is 27.7 Å². The van der Waals surface area contributed by atoms with Crippen molar-refractivity contribution in [2.75, 3.05) is 5.32 Å². The molecule has 0 aliphatic rings. The van der Waals surface area contributed by atoms with Crippen molar-refractivity contribution in [2.45, 2.75) is 27.7 Å². The number of rotatable bonds is 3. The van der Waals surface area contributed by atoms with Crippen LogP contribution in [0.4, 0.5) is 11.5 Å². The van der Waals surface area contributed by atoms with Gasteiger partial charge in [0.05, 0.1) is 5.69 Å². The number of benzene rings is 1. The van der Waals surface area contributed by atoms with Crippen LogP contribution >= 0.6 is 11.6 Å². The predicted octanol–water partition coefficient (Wildman–Crippen LogP) is 4.29. The molecule has 3 aromatic rings. The van der Waals surface area contributed by atoms with Gasteiger partial charge in [-0.1, -0.05) is 17.7 Å². The summed E-state index contributed by atoms with van der Waals surface area (Å²) in [6, 6.07) is 9.72. The first-order valence-electron chi connectivity index (χ1n) is 7.35. The van der Waals surface area contributed by atoms with E-state index in [1.54, 1.807) is 4.68 Å². The lowest BCUT2D eigenvalue weighted by atomic mass is 10.2. The number of halogens is 1. The first-order valence-corrected chi connectivity index (χ1v) is 7.72. The third-order valence-electron chi connectivity index (χ3n) is 3.49. The summed E-state index contributed by atoms with van der Waals surface area (Å²) in [7, 11) is 0. The van der Waals surface area contributed by atoms with Crippen molar-refractivity contribution >= 4 is 23.1 Å². The minimum atomic E-state index is 0.552. The molecule has 5 nitrogen and oxygen atoms in total. The van der Waals surface area contributed by atoms with Gasteiger partial charge in [-0.3, -0.25) is 0 Å². The molecule has 2 heterocycles. The zero-order chi connectivity index (χ0) is 16.6. The van der Waals surface area contributed by atoms with Crippen LogP contribution in [0.3, 0.4) is 0 Å². The van der Waals surface area contributed by atoms with Crippen LogP contribution in [0.15, 0.2) is 30.3 Å².